The molecular formula is C27H32BNO2. The Balaban J connectivity index is 1.53. The normalized spacial score (nSPS) is 17.3. The topological polar surface area (TPSA) is 21.7 Å². The molecule has 0 N–H and O–H groups in total. The predicted molar refractivity (Wildman–Crippen MR) is 128 cm³/mol. The molecule has 4 rings (SSSR count). The summed E-state index contributed by atoms with van der Waals surface area (Å²) in [5.41, 5.74) is 4.32. The Morgan fingerprint density at radius 3 is 1.58 bits per heavy atom. The Hall–Kier alpha value is -2.40. The Kier molecular flexibility index (Phi) is 6.33. The average molecular weight is 413 g/mol. The highest BCUT2D eigenvalue weighted by Crippen LogP contribution is 2.36. The predicted octanol–water partition coefficient (Wildman–Crippen LogP) is 5.19. The third-order valence-electron chi connectivity index (χ3n) is 6.38. The molecule has 160 valence electrons. The van der Waals surface area contributed by atoms with Gasteiger partial charge in [-0.3, -0.25) is 4.90 Å². The molecule has 1 saturated heterocycles. The minimum absolute atomic E-state index is 0.332. The maximum atomic E-state index is 6.27. The molecule has 1 heterocycles. The molecule has 1 fully saturated rings. The highest BCUT2D eigenvalue weighted by molar-refractivity contribution is 6.62. The van der Waals surface area contributed by atoms with E-state index in [2.05, 4.69) is 118 Å². The van der Waals surface area contributed by atoms with Gasteiger partial charge >= 0.3 is 7.12 Å². The van der Waals surface area contributed by atoms with Crippen LogP contribution < -0.4 is 5.46 Å². The average Bonchev–Trinajstić information content (AvgIpc) is 2.97. The summed E-state index contributed by atoms with van der Waals surface area (Å²) >= 11 is 0. The zero-order valence-corrected chi connectivity index (χ0v) is 19.0. The zero-order chi connectivity index (χ0) is 21.9. The van der Waals surface area contributed by atoms with E-state index in [0.717, 1.165) is 25.1 Å². The Bertz CT molecular complexity index is 931. The van der Waals surface area contributed by atoms with Gasteiger partial charge < -0.3 is 9.31 Å². The van der Waals surface area contributed by atoms with Crippen molar-refractivity contribution in [1.82, 2.24) is 4.90 Å². The van der Waals surface area contributed by atoms with E-state index < -0.39 is 0 Å². The molecule has 0 atom stereocenters. The van der Waals surface area contributed by atoms with Crippen molar-refractivity contribution in [3.05, 3.63) is 102 Å². The number of nitrogens with zero attached hydrogens (tertiary/aromatic N) is 1. The van der Waals surface area contributed by atoms with Crippen molar-refractivity contribution in [3.8, 4) is 0 Å². The van der Waals surface area contributed by atoms with Crippen molar-refractivity contribution in [2.24, 2.45) is 0 Å². The van der Waals surface area contributed by atoms with Gasteiger partial charge in [0, 0.05) is 19.6 Å². The van der Waals surface area contributed by atoms with E-state index in [-0.39, 0.29) is 18.3 Å². The van der Waals surface area contributed by atoms with E-state index in [1.54, 1.807) is 0 Å². The van der Waals surface area contributed by atoms with Crippen molar-refractivity contribution in [2.45, 2.75) is 58.5 Å². The Labute approximate surface area is 187 Å². The third-order valence-corrected chi connectivity index (χ3v) is 6.38. The molecule has 1 aliphatic heterocycles. The van der Waals surface area contributed by atoms with E-state index >= 15 is 0 Å². The van der Waals surface area contributed by atoms with Crippen molar-refractivity contribution in [1.29, 1.82) is 0 Å². The van der Waals surface area contributed by atoms with E-state index in [0.29, 0.717) is 0 Å². The van der Waals surface area contributed by atoms with Crippen LogP contribution in [0, 0.1) is 0 Å². The summed E-state index contributed by atoms with van der Waals surface area (Å²) in [6.45, 7) is 11.0. The molecule has 31 heavy (non-hydrogen) atoms. The summed E-state index contributed by atoms with van der Waals surface area (Å²) in [7, 11) is -0.332. The van der Waals surface area contributed by atoms with Crippen LogP contribution in [0.5, 0.6) is 0 Å². The number of rotatable bonds is 7. The summed E-state index contributed by atoms with van der Waals surface area (Å²) in [5.74, 6) is 0. The largest absolute Gasteiger partial charge is 0.494 e. The minimum atomic E-state index is -0.333. The van der Waals surface area contributed by atoms with Gasteiger partial charge in [-0.15, -0.1) is 0 Å². The first-order chi connectivity index (χ1) is 14.8. The van der Waals surface area contributed by atoms with Gasteiger partial charge in [0.25, 0.3) is 0 Å². The molecule has 0 unspecified atom stereocenters. The first kappa shape index (κ1) is 21.8. The first-order valence-corrected chi connectivity index (χ1v) is 11.1. The standard InChI is InChI=1S/C27H32BNO2/c1-26(2)27(3,4)31-28(30-26)25-17-11-16-24(18-25)21-29(19-22-12-7-5-8-13-22)20-23-14-9-6-10-15-23/h5-18H,19-21H2,1-4H3. The maximum Gasteiger partial charge on any atom is 0.494 e. The van der Waals surface area contributed by atoms with Crippen LogP contribution in [-0.4, -0.2) is 23.2 Å². The van der Waals surface area contributed by atoms with Gasteiger partial charge in [0.2, 0.25) is 0 Å². The number of hydrogen-bond donors (Lipinski definition) is 0. The first-order valence-electron chi connectivity index (χ1n) is 11.1. The lowest BCUT2D eigenvalue weighted by atomic mass is 9.78. The van der Waals surface area contributed by atoms with Crippen LogP contribution in [0.25, 0.3) is 0 Å². The van der Waals surface area contributed by atoms with Crippen molar-refractivity contribution >= 4 is 12.6 Å². The quantitative estimate of drug-likeness (QED) is 0.498. The van der Waals surface area contributed by atoms with Gasteiger partial charge in [-0.25, -0.2) is 0 Å². The maximum absolute atomic E-state index is 6.27. The smallest absolute Gasteiger partial charge is 0.399 e. The minimum Gasteiger partial charge on any atom is -0.399 e. The monoisotopic (exact) mass is 413 g/mol. The van der Waals surface area contributed by atoms with Crippen molar-refractivity contribution in [2.75, 3.05) is 0 Å². The van der Waals surface area contributed by atoms with E-state index in [9.17, 15) is 0 Å². The second-order valence-corrected chi connectivity index (χ2v) is 9.45. The molecule has 3 aromatic carbocycles. The van der Waals surface area contributed by atoms with Crippen LogP contribution in [0.4, 0.5) is 0 Å². The van der Waals surface area contributed by atoms with Crippen LogP contribution >= 0.6 is 0 Å². The van der Waals surface area contributed by atoms with Gasteiger partial charge in [0.1, 0.15) is 0 Å². The van der Waals surface area contributed by atoms with E-state index in [4.69, 9.17) is 9.31 Å². The molecule has 0 saturated carbocycles. The molecule has 0 spiro atoms. The fourth-order valence-corrected chi connectivity index (χ4v) is 3.93. The second-order valence-electron chi connectivity index (χ2n) is 9.45. The van der Waals surface area contributed by atoms with Gasteiger partial charge in [-0.2, -0.15) is 0 Å². The summed E-state index contributed by atoms with van der Waals surface area (Å²) in [4.78, 5) is 2.48. The lowest BCUT2D eigenvalue weighted by Gasteiger charge is -2.32. The molecule has 0 aromatic heterocycles. The van der Waals surface area contributed by atoms with Crippen molar-refractivity contribution < 1.29 is 9.31 Å². The van der Waals surface area contributed by atoms with Gasteiger partial charge in [0.05, 0.1) is 11.2 Å². The molecule has 0 bridgehead atoms. The van der Waals surface area contributed by atoms with Crippen LogP contribution in [0.3, 0.4) is 0 Å². The number of benzene rings is 3. The summed E-state index contributed by atoms with van der Waals surface area (Å²) < 4.78 is 12.5. The molecule has 3 nitrogen and oxygen atoms in total. The van der Waals surface area contributed by atoms with Crippen LogP contribution in [-0.2, 0) is 28.9 Å². The fraction of sp³-hybridized carbons (Fsp3) is 0.333. The zero-order valence-electron chi connectivity index (χ0n) is 19.0. The SMILES string of the molecule is CC1(C)OB(c2cccc(CN(Cc3ccccc3)Cc3ccccc3)c2)OC1(C)C. The summed E-state index contributed by atoms with van der Waals surface area (Å²) in [6, 6.07) is 30.0. The highest BCUT2D eigenvalue weighted by Gasteiger charge is 2.51. The van der Waals surface area contributed by atoms with Crippen molar-refractivity contribution in [3.63, 3.8) is 0 Å². The van der Waals surface area contributed by atoms with Gasteiger partial charge in [-0.1, -0.05) is 84.9 Å². The van der Waals surface area contributed by atoms with Crippen LogP contribution in [0.1, 0.15) is 44.4 Å². The van der Waals surface area contributed by atoms with Gasteiger partial charge in [0.15, 0.2) is 0 Å². The lowest BCUT2D eigenvalue weighted by molar-refractivity contribution is 0.00578. The molecule has 0 aliphatic carbocycles. The third kappa shape index (κ3) is 5.27. The van der Waals surface area contributed by atoms with E-state index in [1.165, 1.54) is 16.7 Å². The Morgan fingerprint density at radius 1 is 0.613 bits per heavy atom. The molecule has 0 amide bonds. The molecule has 4 heteroatoms. The molecule has 0 radical (unpaired) electrons. The second kappa shape index (κ2) is 9.00. The fourth-order valence-electron chi connectivity index (χ4n) is 3.93. The lowest BCUT2D eigenvalue weighted by Crippen LogP contribution is -2.41. The van der Waals surface area contributed by atoms with Gasteiger partial charge in [-0.05, 0) is 49.8 Å². The molecule has 3 aromatic rings. The highest BCUT2D eigenvalue weighted by atomic mass is 16.7. The van der Waals surface area contributed by atoms with E-state index in [1.807, 2.05) is 0 Å². The Morgan fingerprint density at radius 2 is 1.06 bits per heavy atom. The number of hydrogen-bond acceptors (Lipinski definition) is 3. The molecular weight excluding hydrogens is 381 g/mol. The summed E-state index contributed by atoms with van der Waals surface area (Å²) in [6.07, 6.45) is 0. The van der Waals surface area contributed by atoms with Crippen LogP contribution in [0.15, 0.2) is 84.9 Å². The van der Waals surface area contributed by atoms with Crippen LogP contribution in [0.2, 0.25) is 0 Å². The summed E-state index contributed by atoms with van der Waals surface area (Å²) in [5, 5.41) is 0. The molecule has 1 aliphatic rings.